The fourth-order valence-electron chi connectivity index (χ4n) is 2.50. The van der Waals surface area contributed by atoms with Crippen LogP contribution in [0.1, 0.15) is 38.2 Å². The molecule has 0 aromatic heterocycles. The molecule has 1 aromatic rings. The second-order valence-electron chi connectivity index (χ2n) is 5.35. The summed E-state index contributed by atoms with van der Waals surface area (Å²) >= 11 is 0. The quantitative estimate of drug-likeness (QED) is 0.817. The van der Waals surface area contributed by atoms with Gasteiger partial charge in [0.05, 0.1) is 0 Å². The molecule has 0 radical (unpaired) electrons. The standard InChI is InChI=1S/C16H21FN2O2/c1-2-3-10-18-16(21)14-8-9-15(20)19(14)11-12-4-6-13(17)7-5-12/h4-7,14H,2-3,8-11H2,1H3,(H,18,21). The zero-order valence-electron chi connectivity index (χ0n) is 12.3. The van der Waals surface area contributed by atoms with Gasteiger partial charge in [-0.25, -0.2) is 4.39 Å². The van der Waals surface area contributed by atoms with Gasteiger partial charge in [-0.2, -0.15) is 0 Å². The van der Waals surface area contributed by atoms with Gasteiger partial charge in [-0.05, 0) is 30.5 Å². The summed E-state index contributed by atoms with van der Waals surface area (Å²) in [6, 6.07) is 5.62. The number of carbonyl (C=O) groups is 2. The third-order valence-electron chi connectivity index (χ3n) is 3.73. The highest BCUT2D eigenvalue weighted by Gasteiger charge is 2.35. The summed E-state index contributed by atoms with van der Waals surface area (Å²) in [6.45, 7) is 3.06. The van der Waals surface area contributed by atoms with Crippen molar-refractivity contribution in [2.24, 2.45) is 0 Å². The van der Waals surface area contributed by atoms with Crippen molar-refractivity contribution in [3.8, 4) is 0 Å². The molecule has 1 atom stereocenters. The third kappa shape index (κ3) is 4.03. The summed E-state index contributed by atoms with van der Waals surface area (Å²) in [5.74, 6) is -0.410. The first-order valence-corrected chi connectivity index (χ1v) is 7.43. The fourth-order valence-corrected chi connectivity index (χ4v) is 2.50. The van der Waals surface area contributed by atoms with Crippen LogP contribution in [0.25, 0.3) is 0 Å². The molecule has 1 N–H and O–H groups in total. The zero-order chi connectivity index (χ0) is 15.2. The Morgan fingerprint density at radius 3 is 2.76 bits per heavy atom. The highest BCUT2D eigenvalue weighted by atomic mass is 19.1. The molecule has 0 bridgehead atoms. The van der Waals surface area contributed by atoms with Crippen molar-refractivity contribution >= 4 is 11.8 Å². The number of hydrogen-bond acceptors (Lipinski definition) is 2. The molecule has 114 valence electrons. The Labute approximate surface area is 124 Å². The van der Waals surface area contributed by atoms with Gasteiger partial charge in [0.2, 0.25) is 11.8 Å². The summed E-state index contributed by atoms with van der Waals surface area (Å²) < 4.78 is 12.9. The number of benzene rings is 1. The molecule has 1 aromatic carbocycles. The lowest BCUT2D eigenvalue weighted by molar-refractivity contribution is -0.135. The van der Waals surface area contributed by atoms with Gasteiger partial charge in [-0.3, -0.25) is 9.59 Å². The van der Waals surface area contributed by atoms with E-state index in [1.54, 1.807) is 17.0 Å². The van der Waals surface area contributed by atoms with E-state index in [1.165, 1.54) is 12.1 Å². The van der Waals surface area contributed by atoms with E-state index in [4.69, 9.17) is 0 Å². The van der Waals surface area contributed by atoms with Crippen molar-refractivity contribution in [1.29, 1.82) is 0 Å². The zero-order valence-corrected chi connectivity index (χ0v) is 12.3. The maximum atomic E-state index is 12.9. The van der Waals surface area contributed by atoms with Crippen LogP contribution in [-0.2, 0) is 16.1 Å². The van der Waals surface area contributed by atoms with Crippen LogP contribution >= 0.6 is 0 Å². The summed E-state index contributed by atoms with van der Waals surface area (Å²) in [4.78, 5) is 25.7. The summed E-state index contributed by atoms with van der Waals surface area (Å²) in [6.07, 6.45) is 2.90. The second kappa shape index (κ2) is 7.20. The normalized spacial score (nSPS) is 18.1. The molecule has 0 spiro atoms. The lowest BCUT2D eigenvalue weighted by Gasteiger charge is -2.24. The molecular weight excluding hydrogens is 271 g/mol. The lowest BCUT2D eigenvalue weighted by atomic mass is 10.1. The first kappa shape index (κ1) is 15.5. The predicted molar refractivity (Wildman–Crippen MR) is 77.9 cm³/mol. The Bertz CT molecular complexity index is 502. The van der Waals surface area contributed by atoms with Crippen LogP contribution in [-0.4, -0.2) is 29.3 Å². The number of amides is 2. The number of unbranched alkanes of at least 4 members (excludes halogenated alkanes) is 1. The number of halogens is 1. The molecule has 2 rings (SSSR count). The van der Waals surface area contributed by atoms with Crippen LogP contribution in [0.15, 0.2) is 24.3 Å². The summed E-state index contributed by atoms with van der Waals surface area (Å²) in [5, 5.41) is 2.88. The minimum atomic E-state index is -0.403. The van der Waals surface area contributed by atoms with Gasteiger partial charge >= 0.3 is 0 Å². The average molecular weight is 292 g/mol. The third-order valence-corrected chi connectivity index (χ3v) is 3.73. The molecule has 1 saturated heterocycles. The van der Waals surface area contributed by atoms with Gasteiger partial charge in [0.1, 0.15) is 11.9 Å². The molecule has 0 saturated carbocycles. The molecule has 4 nitrogen and oxygen atoms in total. The highest BCUT2D eigenvalue weighted by molar-refractivity contribution is 5.90. The van der Waals surface area contributed by atoms with Crippen LogP contribution in [0.2, 0.25) is 0 Å². The highest BCUT2D eigenvalue weighted by Crippen LogP contribution is 2.21. The molecule has 5 heteroatoms. The lowest BCUT2D eigenvalue weighted by Crippen LogP contribution is -2.44. The summed E-state index contributed by atoms with van der Waals surface area (Å²) in [5.41, 5.74) is 0.831. The first-order valence-electron chi connectivity index (χ1n) is 7.43. The van der Waals surface area contributed by atoms with E-state index < -0.39 is 6.04 Å². The Balaban J connectivity index is 1.99. The van der Waals surface area contributed by atoms with Crippen molar-refractivity contribution in [1.82, 2.24) is 10.2 Å². The minimum absolute atomic E-state index is 0.0185. The number of rotatable bonds is 6. The fraction of sp³-hybridized carbons (Fsp3) is 0.500. The molecule has 21 heavy (non-hydrogen) atoms. The first-order chi connectivity index (χ1) is 10.1. The Kier molecular flexibility index (Phi) is 5.31. The Hall–Kier alpha value is -1.91. The maximum Gasteiger partial charge on any atom is 0.242 e. The molecule has 1 fully saturated rings. The van der Waals surface area contributed by atoms with Crippen molar-refractivity contribution in [2.75, 3.05) is 6.54 Å². The van der Waals surface area contributed by atoms with Crippen LogP contribution in [0.5, 0.6) is 0 Å². The number of likely N-dealkylation sites (tertiary alicyclic amines) is 1. The van der Waals surface area contributed by atoms with Crippen molar-refractivity contribution in [2.45, 2.75) is 45.2 Å². The minimum Gasteiger partial charge on any atom is -0.354 e. The smallest absolute Gasteiger partial charge is 0.242 e. The number of nitrogens with zero attached hydrogens (tertiary/aromatic N) is 1. The SMILES string of the molecule is CCCCNC(=O)C1CCC(=O)N1Cc1ccc(F)cc1. The predicted octanol–water partition coefficient (Wildman–Crippen LogP) is 2.23. The number of carbonyl (C=O) groups excluding carboxylic acids is 2. The molecule has 1 aliphatic heterocycles. The molecule has 2 amide bonds. The summed E-state index contributed by atoms with van der Waals surface area (Å²) in [7, 11) is 0. The Morgan fingerprint density at radius 2 is 2.10 bits per heavy atom. The number of nitrogens with one attached hydrogen (secondary N) is 1. The van der Waals surface area contributed by atoms with E-state index in [9.17, 15) is 14.0 Å². The van der Waals surface area contributed by atoms with E-state index in [0.717, 1.165) is 18.4 Å². The van der Waals surface area contributed by atoms with Gasteiger partial charge < -0.3 is 10.2 Å². The number of hydrogen-bond donors (Lipinski definition) is 1. The Morgan fingerprint density at radius 1 is 1.38 bits per heavy atom. The van der Waals surface area contributed by atoms with Gasteiger partial charge in [0.15, 0.2) is 0 Å². The van der Waals surface area contributed by atoms with Gasteiger partial charge in [-0.1, -0.05) is 25.5 Å². The van der Waals surface area contributed by atoms with Crippen LogP contribution in [0.4, 0.5) is 4.39 Å². The van der Waals surface area contributed by atoms with E-state index in [-0.39, 0.29) is 17.6 Å². The van der Waals surface area contributed by atoms with Crippen molar-refractivity contribution in [3.05, 3.63) is 35.6 Å². The van der Waals surface area contributed by atoms with E-state index in [1.807, 2.05) is 0 Å². The molecular formula is C16H21FN2O2. The van der Waals surface area contributed by atoms with Gasteiger partial charge in [0.25, 0.3) is 0 Å². The van der Waals surface area contributed by atoms with Gasteiger partial charge in [-0.15, -0.1) is 0 Å². The topological polar surface area (TPSA) is 49.4 Å². The monoisotopic (exact) mass is 292 g/mol. The van der Waals surface area contributed by atoms with E-state index in [0.29, 0.717) is 25.9 Å². The van der Waals surface area contributed by atoms with E-state index in [2.05, 4.69) is 12.2 Å². The van der Waals surface area contributed by atoms with Crippen molar-refractivity contribution < 1.29 is 14.0 Å². The second-order valence-corrected chi connectivity index (χ2v) is 5.35. The largest absolute Gasteiger partial charge is 0.354 e. The van der Waals surface area contributed by atoms with Crippen LogP contribution in [0, 0.1) is 5.82 Å². The van der Waals surface area contributed by atoms with Crippen LogP contribution in [0.3, 0.4) is 0 Å². The van der Waals surface area contributed by atoms with Gasteiger partial charge in [0, 0.05) is 19.5 Å². The molecule has 0 aliphatic carbocycles. The van der Waals surface area contributed by atoms with E-state index >= 15 is 0 Å². The maximum absolute atomic E-state index is 12.9. The molecule has 1 unspecified atom stereocenters. The van der Waals surface area contributed by atoms with Crippen molar-refractivity contribution in [3.63, 3.8) is 0 Å². The van der Waals surface area contributed by atoms with Crippen LogP contribution < -0.4 is 5.32 Å². The molecule has 1 aliphatic rings. The molecule has 1 heterocycles. The average Bonchev–Trinajstić information content (AvgIpc) is 2.83.